The van der Waals surface area contributed by atoms with Gasteiger partial charge in [0.1, 0.15) is 11.1 Å². The SMILES string of the molecule is COC(=O)C1(CC[C@H](c2ncno2)[C@@H](C)O)CCCN1C(=O)OC(C)(C)C. The van der Waals surface area contributed by atoms with E-state index in [2.05, 4.69) is 10.1 Å². The predicted octanol–water partition coefficient (Wildman–Crippen LogP) is 2.26. The van der Waals surface area contributed by atoms with Crippen molar-refractivity contribution in [1.29, 1.82) is 0 Å². The summed E-state index contributed by atoms with van der Waals surface area (Å²) in [7, 11) is 1.31. The molecule has 1 fully saturated rings. The molecule has 1 N–H and O–H groups in total. The monoisotopic (exact) mass is 383 g/mol. The van der Waals surface area contributed by atoms with Gasteiger partial charge in [-0.1, -0.05) is 5.16 Å². The van der Waals surface area contributed by atoms with E-state index in [0.29, 0.717) is 31.7 Å². The van der Waals surface area contributed by atoms with Crippen LogP contribution in [-0.2, 0) is 14.3 Å². The van der Waals surface area contributed by atoms with E-state index in [4.69, 9.17) is 14.0 Å². The lowest BCUT2D eigenvalue weighted by atomic mass is 9.85. The van der Waals surface area contributed by atoms with Crippen molar-refractivity contribution in [3.63, 3.8) is 0 Å². The van der Waals surface area contributed by atoms with Crippen LogP contribution in [0.15, 0.2) is 10.9 Å². The van der Waals surface area contributed by atoms with Crippen LogP contribution in [0.4, 0.5) is 4.79 Å². The number of hydrogen-bond acceptors (Lipinski definition) is 8. The third-order valence-electron chi connectivity index (χ3n) is 4.81. The molecule has 1 saturated heterocycles. The van der Waals surface area contributed by atoms with Gasteiger partial charge in [-0.05, 0) is 53.4 Å². The van der Waals surface area contributed by atoms with Crippen LogP contribution >= 0.6 is 0 Å². The van der Waals surface area contributed by atoms with Crippen LogP contribution in [0.2, 0.25) is 0 Å². The Hall–Kier alpha value is -2.16. The molecule has 0 spiro atoms. The molecule has 0 aliphatic carbocycles. The van der Waals surface area contributed by atoms with Crippen LogP contribution in [0.5, 0.6) is 0 Å². The lowest BCUT2D eigenvalue weighted by Gasteiger charge is -2.37. The fraction of sp³-hybridized carbons (Fsp3) is 0.778. The number of likely N-dealkylation sites (tertiary alicyclic amines) is 1. The molecule has 9 nitrogen and oxygen atoms in total. The molecule has 1 aromatic rings. The molecule has 152 valence electrons. The van der Waals surface area contributed by atoms with E-state index in [9.17, 15) is 14.7 Å². The summed E-state index contributed by atoms with van der Waals surface area (Å²) in [5, 5.41) is 13.7. The highest BCUT2D eigenvalue weighted by Crippen LogP contribution is 2.38. The van der Waals surface area contributed by atoms with Crippen molar-refractivity contribution in [2.45, 2.75) is 76.5 Å². The molecule has 1 unspecified atom stereocenters. The zero-order valence-electron chi connectivity index (χ0n) is 16.6. The highest BCUT2D eigenvalue weighted by Gasteiger charge is 2.52. The van der Waals surface area contributed by atoms with E-state index < -0.39 is 35.2 Å². The molecule has 1 aromatic heterocycles. The van der Waals surface area contributed by atoms with Gasteiger partial charge < -0.3 is 19.1 Å². The van der Waals surface area contributed by atoms with Crippen molar-refractivity contribution >= 4 is 12.1 Å². The first-order chi connectivity index (χ1) is 12.6. The Morgan fingerprint density at radius 3 is 2.67 bits per heavy atom. The minimum absolute atomic E-state index is 0.289. The van der Waals surface area contributed by atoms with Gasteiger partial charge in [-0.25, -0.2) is 9.59 Å². The Morgan fingerprint density at radius 1 is 1.44 bits per heavy atom. The standard InChI is InChI=1S/C18H29N3O6/c1-12(22)13(14-19-11-20-27-14)7-9-18(15(23)25-5)8-6-10-21(18)16(24)26-17(2,3)4/h11-13,22H,6-10H2,1-5H3/t12-,13+,18?/m1/s1. The maximum atomic E-state index is 12.7. The zero-order valence-corrected chi connectivity index (χ0v) is 16.6. The van der Waals surface area contributed by atoms with Crippen LogP contribution in [-0.4, -0.2) is 63.1 Å². The summed E-state index contributed by atoms with van der Waals surface area (Å²) in [4.78, 5) is 30.9. The molecule has 1 aliphatic rings. The normalized spacial score (nSPS) is 22.4. The molecule has 0 aromatic carbocycles. The third kappa shape index (κ3) is 4.77. The maximum absolute atomic E-state index is 12.7. The lowest BCUT2D eigenvalue weighted by molar-refractivity contribution is -0.154. The average molecular weight is 383 g/mol. The van der Waals surface area contributed by atoms with Gasteiger partial charge in [-0.3, -0.25) is 4.90 Å². The van der Waals surface area contributed by atoms with Gasteiger partial charge in [-0.2, -0.15) is 4.98 Å². The van der Waals surface area contributed by atoms with Crippen molar-refractivity contribution in [3.8, 4) is 0 Å². The maximum Gasteiger partial charge on any atom is 0.411 e. The minimum atomic E-state index is -1.13. The molecule has 2 rings (SSSR count). The van der Waals surface area contributed by atoms with Crippen molar-refractivity contribution in [3.05, 3.63) is 12.2 Å². The van der Waals surface area contributed by atoms with Crippen LogP contribution < -0.4 is 0 Å². The number of carbonyl (C=O) groups is 2. The fourth-order valence-corrected chi connectivity index (χ4v) is 3.54. The summed E-state index contributed by atoms with van der Waals surface area (Å²) < 4.78 is 15.6. The van der Waals surface area contributed by atoms with E-state index >= 15 is 0 Å². The summed E-state index contributed by atoms with van der Waals surface area (Å²) in [5.74, 6) is -0.636. The summed E-state index contributed by atoms with van der Waals surface area (Å²) in [6, 6.07) is 0. The summed E-state index contributed by atoms with van der Waals surface area (Å²) in [5.41, 5.74) is -1.81. The van der Waals surface area contributed by atoms with Gasteiger partial charge in [0.25, 0.3) is 0 Å². The zero-order chi connectivity index (χ0) is 20.2. The molecule has 0 radical (unpaired) electrons. The number of aliphatic hydroxyl groups excluding tert-OH is 1. The number of carbonyl (C=O) groups excluding carboxylic acids is 2. The van der Waals surface area contributed by atoms with Crippen molar-refractivity contribution in [1.82, 2.24) is 15.0 Å². The molecule has 9 heteroatoms. The first-order valence-electron chi connectivity index (χ1n) is 9.14. The number of methoxy groups -OCH3 is 1. The van der Waals surface area contributed by atoms with E-state index in [0.717, 1.165) is 0 Å². The molecule has 0 saturated carbocycles. The number of ether oxygens (including phenoxy) is 2. The first kappa shape index (κ1) is 21.1. The molecule has 2 heterocycles. The Bertz CT molecular complexity index is 640. The van der Waals surface area contributed by atoms with E-state index in [-0.39, 0.29) is 6.42 Å². The number of hydrogen-bond donors (Lipinski definition) is 1. The van der Waals surface area contributed by atoms with Crippen molar-refractivity contribution in [2.75, 3.05) is 13.7 Å². The highest BCUT2D eigenvalue weighted by atomic mass is 16.6. The molecular weight excluding hydrogens is 354 g/mol. The minimum Gasteiger partial charge on any atom is -0.467 e. The van der Waals surface area contributed by atoms with E-state index in [1.807, 2.05) is 0 Å². The second-order valence-corrected chi connectivity index (χ2v) is 7.92. The van der Waals surface area contributed by atoms with E-state index in [1.165, 1.54) is 18.3 Å². The number of rotatable bonds is 6. The molecular formula is C18H29N3O6. The third-order valence-corrected chi connectivity index (χ3v) is 4.81. The summed E-state index contributed by atoms with van der Waals surface area (Å²) in [6.07, 6.45) is 1.76. The number of aromatic nitrogens is 2. The first-order valence-corrected chi connectivity index (χ1v) is 9.14. The van der Waals surface area contributed by atoms with Crippen LogP contribution in [0.1, 0.15) is 65.2 Å². The van der Waals surface area contributed by atoms with Gasteiger partial charge in [0.15, 0.2) is 6.33 Å². The van der Waals surface area contributed by atoms with E-state index in [1.54, 1.807) is 27.7 Å². The van der Waals surface area contributed by atoms with Gasteiger partial charge >= 0.3 is 12.1 Å². The Labute approximate surface area is 159 Å². The molecule has 3 atom stereocenters. The molecule has 1 aliphatic heterocycles. The topological polar surface area (TPSA) is 115 Å². The second kappa shape index (κ2) is 8.24. The number of esters is 1. The smallest absolute Gasteiger partial charge is 0.411 e. The Morgan fingerprint density at radius 2 is 2.15 bits per heavy atom. The van der Waals surface area contributed by atoms with Crippen molar-refractivity contribution < 1.29 is 28.7 Å². The predicted molar refractivity (Wildman–Crippen MR) is 94.9 cm³/mol. The average Bonchev–Trinajstić information content (AvgIpc) is 3.22. The Balaban J connectivity index is 2.25. The van der Waals surface area contributed by atoms with Crippen molar-refractivity contribution in [2.24, 2.45) is 0 Å². The quantitative estimate of drug-likeness (QED) is 0.744. The molecule has 1 amide bonds. The summed E-state index contributed by atoms with van der Waals surface area (Å²) in [6.45, 7) is 7.36. The van der Waals surface area contributed by atoms with Gasteiger partial charge in [0.2, 0.25) is 5.89 Å². The van der Waals surface area contributed by atoms with Gasteiger partial charge in [0, 0.05) is 6.54 Å². The number of amides is 1. The van der Waals surface area contributed by atoms with Crippen LogP contribution in [0.25, 0.3) is 0 Å². The Kier molecular flexibility index (Phi) is 6.46. The largest absolute Gasteiger partial charge is 0.467 e. The lowest BCUT2D eigenvalue weighted by Crippen LogP contribution is -2.55. The number of nitrogens with zero attached hydrogens (tertiary/aromatic N) is 3. The van der Waals surface area contributed by atoms with Crippen LogP contribution in [0, 0.1) is 0 Å². The summed E-state index contributed by atoms with van der Waals surface area (Å²) >= 11 is 0. The highest BCUT2D eigenvalue weighted by molar-refractivity contribution is 5.86. The number of aliphatic hydroxyl groups is 1. The second-order valence-electron chi connectivity index (χ2n) is 7.92. The molecule has 27 heavy (non-hydrogen) atoms. The van der Waals surface area contributed by atoms with Gasteiger partial charge in [-0.15, -0.1) is 0 Å². The molecule has 0 bridgehead atoms. The van der Waals surface area contributed by atoms with Gasteiger partial charge in [0.05, 0.1) is 19.1 Å². The van der Waals surface area contributed by atoms with Crippen LogP contribution in [0.3, 0.4) is 0 Å². The fourth-order valence-electron chi connectivity index (χ4n) is 3.54.